The van der Waals surface area contributed by atoms with Crippen LogP contribution < -0.4 is 4.74 Å². The average molecular weight is 246 g/mol. The Kier molecular flexibility index (Phi) is 5.67. The predicted octanol–water partition coefficient (Wildman–Crippen LogP) is 2.99. The molecule has 0 bridgehead atoms. The highest BCUT2D eigenvalue weighted by Crippen LogP contribution is 2.19. The fourth-order valence-electron chi connectivity index (χ4n) is 2.05. The summed E-state index contributed by atoms with van der Waals surface area (Å²) in [6.45, 7) is 5.78. The highest BCUT2D eigenvalue weighted by atomic mass is 16.5. The highest BCUT2D eigenvalue weighted by Gasteiger charge is 2.09. The van der Waals surface area contributed by atoms with Gasteiger partial charge in [0.2, 0.25) is 0 Å². The van der Waals surface area contributed by atoms with Gasteiger partial charge in [-0.05, 0) is 37.6 Å². The van der Waals surface area contributed by atoms with Gasteiger partial charge >= 0.3 is 0 Å². The van der Waals surface area contributed by atoms with Crippen LogP contribution in [-0.4, -0.2) is 25.6 Å². The maximum Gasteiger partial charge on any atom is 0.121 e. The van der Waals surface area contributed by atoms with Gasteiger partial charge in [-0.25, -0.2) is 0 Å². The number of methoxy groups -OCH3 is 1. The number of benzene rings is 1. The van der Waals surface area contributed by atoms with Crippen molar-refractivity contribution in [2.45, 2.75) is 26.8 Å². The smallest absolute Gasteiger partial charge is 0.121 e. The van der Waals surface area contributed by atoms with Gasteiger partial charge in [-0.15, -0.1) is 0 Å². The fraction of sp³-hybridized carbons (Fsp3) is 0.533. The van der Waals surface area contributed by atoms with E-state index in [4.69, 9.17) is 10.00 Å². The molecule has 1 aromatic carbocycles. The number of hydrogen-bond donors (Lipinski definition) is 0. The van der Waals surface area contributed by atoms with E-state index < -0.39 is 0 Å². The van der Waals surface area contributed by atoms with Gasteiger partial charge in [-0.1, -0.05) is 19.1 Å². The lowest BCUT2D eigenvalue weighted by molar-refractivity contribution is 0.292. The summed E-state index contributed by atoms with van der Waals surface area (Å²) in [6, 6.07) is 8.56. The number of nitrogens with zero attached hydrogens (tertiary/aromatic N) is 2. The van der Waals surface area contributed by atoms with Crippen LogP contribution >= 0.6 is 0 Å². The van der Waals surface area contributed by atoms with Crippen molar-refractivity contribution in [3.05, 3.63) is 29.3 Å². The van der Waals surface area contributed by atoms with Crippen LogP contribution in [0, 0.1) is 24.2 Å². The minimum absolute atomic E-state index is 0.120. The lowest BCUT2D eigenvalue weighted by Crippen LogP contribution is -2.24. The molecule has 0 heterocycles. The first-order valence-electron chi connectivity index (χ1n) is 6.32. The zero-order valence-electron chi connectivity index (χ0n) is 11.7. The second-order valence-corrected chi connectivity index (χ2v) is 4.73. The molecule has 3 nitrogen and oxygen atoms in total. The number of rotatable bonds is 6. The first-order valence-corrected chi connectivity index (χ1v) is 6.32. The Bertz CT molecular complexity index is 423. The summed E-state index contributed by atoms with van der Waals surface area (Å²) >= 11 is 0. The van der Waals surface area contributed by atoms with Crippen molar-refractivity contribution >= 4 is 0 Å². The number of aryl methyl sites for hydroxylation is 1. The molecule has 0 fully saturated rings. The molecular formula is C15H22N2O. The van der Waals surface area contributed by atoms with E-state index in [-0.39, 0.29) is 5.92 Å². The summed E-state index contributed by atoms with van der Waals surface area (Å²) in [7, 11) is 3.74. The zero-order chi connectivity index (χ0) is 13.5. The van der Waals surface area contributed by atoms with Crippen LogP contribution in [-0.2, 0) is 6.54 Å². The molecular weight excluding hydrogens is 224 g/mol. The molecule has 1 rings (SSSR count). The molecule has 0 radical (unpaired) electrons. The second-order valence-electron chi connectivity index (χ2n) is 4.73. The van der Waals surface area contributed by atoms with E-state index in [2.05, 4.69) is 37.1 Å². The summed E-state index contributed by atoms with van der Waals surface area (Å²) in [4.78, 5) is 2.19. The summed E-state index contributed by atoms with van der Waals surface area (Å²) in [5.41, 5.74) is 2.40. The Morgan fingerprint density at radius 3 is 2.67 bits per heavy atom. The van der Waals surface area contributed by atoms with E-state index in [9.17, 15) is 0 Å². The summed E-state index contributed by atoms with van der Waals surface area (Å²) in [6.07, 6.45) is 0.905. The molecule has 0 aliphatic heterocycles. The van der Waals surface area contributed by atoms with Gasteiger partial charge in [0.25, 0.3) is 0 Å². The summed E-state index contributed by atoms with van der Waals surface area (Å²) in [5.74, 6) is 1.04. The van der Waals surface area contributed by atoms with E-state index in [1.807, 2.05) is 13.0 Å². The van der Waals surface area contributed by atoms with E-state index in [0.717, 1.165) is 30.8 Å². The van der Waals surface area contributed by atoms with Crippen molar-refractivity contribution in [1.82, 2.24) is 4.90 Å². The zero-order valence-corrected chi connectivity index (χ0v) is 11.7. The van der Waals surface area contributed by atoms with Crippen LogP contribution in [0.3, 0.4) is 0 Å². The molecule has 0 spiro atoms. The Morgan fingerprint density at radius 1 is 1.44 bits per heavy atom. The maximum atomic E-state index is 8.96. The Labute approximate surface area is 110 Å². The molecule has 1 atom stereocenters. The third-order valence-electron chi connectivity index (χ3n) is 3.12. The third kappa shape index (κ3) is 4.05. The predicted molar refractivity (Wildman–Crippen MR) is 73.5 cm³/mol. The minimum Gasteiger partial charge on any atom is -0.496 e. The maximum absolute atomic E-state index is 8.96. The monoisotopic (exact) mass is 246 g/mol. The molecule has 1 unspecified atom stereocenters. The van der Waals surface area contributed by atoms with Crippen LogP contribution in [0.15, 0.2) is 18.2 Å². The average Bonchev–Trinajstić information content (AvgIpc) is 2.36. The lowest BCUT2D eigenvalue weighted by Gasteiger charge is -2.19. The van der Waals surface area contributed by atoms with Gasteiger partial charge in [-0.2, -0.15) is 5.26 Å². The number of nitriles is 1. The first-order chi connectivity index (χ1) is 8.60. The Hall–Kier alpha value is -1.53. The highest BCUT2D eigenvalue weighted by molar-refractivity contribution is 5.36. The van der Waals surface area contributed by atoms with Crippen LogP contribution in [0.1, 0.15) is 24.5 Å². The van der Waals surface area contributed by atoms with Crippen molar-refractivity contribution in [1.29, 1.82) is 5.26 Å². The standard InChI is InChI=1S/C15H22N2O/c1-5-13(9-16)10-17(3)11-14-6-7-15(18-4)12(2)8-14/h6-8,13H,5,10-11H2,1-4H3. The van der Waals surface area contributed by atoms with E-state index in [1.54, 1.807) is 7.11 Å². The van der Waals surface area contributed by atoms with Crippen molar-refractivity contribution < 1.29 is 4.74 Å². The molecule has 3 heteroatoms. The van der Waals surface area contributed by atoms with Crippen molar-refractivity contribution in [3.63, 3.8) is 0 Å². The van der Waals surface area contributed by atoms with E-state index >= 15 is 0 Å². The third-order valence-corrected chi connectivity index (χ3v) is 3.12. The van der Waals surface area contributed by atoms with Crippen LogP contribution in [0.4, 0.5) is 0 Å². The molecule has 0 aliphatic rings. The second kappa shape index (κ2) is 7.03. The van der Waals surface area contributed by atoms with Crippen LogP contribution in [0.2, 0.25) is 0 Å². The number of ether oxygens (including phenoxy) is 1. The Morgan fingerprint density at radius 2 is 2.17 bits per heavy atom. The minimum atomic E-state index is 0.120. The summed E-state index contributed by atoms with van der Waals surface area (Å²) in [5, 5.41) is 8.96. The molecule has 0 N–H and O–H groups in total. The molecule has 18 heavy (non-hydrogen) atoms. The van der Waals surface area contributed by atoms with Crippen LogP contribution in [0.5, 0.6) is 5.75 Å². The summed E-state index contributed by atoms with van der Waals surface area (Å²) < 4.78 is 5.25. The van der Waals surface area contributed by atoms with Gasteiger partial charge < -0.3 is 9.64 Å². The Balaban J connectivity index is 2.62. The molecule has 1 aromatic rings. The molecule has 0 aliphatic carbocycles. The topological polar surface area (TPSA) is 36.3 Å². The molecule has 98 valence electrons. The molecule has 0 amide bonds. The first kappa shape index (κ1) is 14.5. The van der Waals surface area contributed by atoms with Crippen molar-refractivity contribution in [2.75, 3.05) is 20.7 Å². The van der Waals surface area contributed by atoms with Crippen molar-refractivity contribution in [2.24, 2.45) is 5.92 Å². The van der Waals surface area contributed by atoms with Crippen molar-refractivity contribution in [3.8, 4) is 11.8 Å². The fourth-order valence-corrected chi connectivity index (χ4v) is 2.05. The quantitative estimate of drug-likeness (QED) is 0.774. The van der Waals surface area contributed by atoms with Gasteiger partial charge in [-0.3, -0.25) is 0 Å². The molecule has 0 aromatic heterocycles. The van der Waals surface area contributed by atoms with Gasteiger partial charge in [0, 0.05) is 13.1 Å². The SMILES string of the molecule is CCC(C#N)CN(C)Cc1ccc(OC)c(C)c1. The largest absolute Gasteiger partial charge is 0.496 e. The normalized spacial score (nSPS) is 12.2. The molecule has 0 saturated carbocycles. The lowest BCUT2D eigenvalue weighted by atomic mass is 10.1. The molecule has 0 saturated heterocycles. The number of hydrogen-bond acceptors (Lipinski definition) is 3. The van der Waals surface area contributed by atoms with Gasteiger partial charge in [0.15, 0.2) is 0 Å². The van der Waals surface area contributed by atoms with E-state index in [0.29, 0.717) is 0 Å². The van der Waals surface area contributed by atoms with Crippen LogP contribution in [0.25, 0.3) is 0 Å². The van der Waals surface area contributed by atoms with E-state index in [1.165, 1.54) is 5.56 Å². The van der Waals surface area contributed by atoms with Gasteiger partial charge in [0.1, 0.15) is 5.75 Å². The van der Waals surface area contributed by atoms with Gasteiger partial charge in [0.05, 0.1) is 19.1 Å².